The maximum absolute atomic E-state index is 6.88. The van der Waals surface area contributed by atoms with E-state index < -0.39 is 0 Å². The van der Waals surface area contributed by atoms with Gasteiger partial charge in [-0.25, -0.2) is 9.97 Å². The normalized spacial score (nSPS) is 11.8. The summed E-state index contributed by atoms with van der Waals surface area (Å²) in [6.45, 7) is 0. The van der Waals surface area contributed by atoms with E-state index in [1.54, 1.807) is 0 Å². The number of ether oxygens (including phenoxy) is 4. The van der Waals surface area contributed by atoms with Crippen molar-refractivity contribution in [3.63, 3.8) is 0 Å². The quantitative estimate of drug-likeness (QED) is 0.101. The fourth-order valence-electron chi connectivity index (χ4n) is 10.4. The third kappa shape index (κ3) is 13.8. The Kier molecular flexibility index (Phi) is 20.4. The second-order valence-corrected chi connectivity index (χ2v) is 24.6. The first-order chi connectivity index (χ1) is 40.1. The van der Waals surface area contributed by atoms with Gasteiger partial charge < -0.3 is 145 Å². The molecule has 0 amide bonds. The van der Waals surface area contributed by atoms with Gasteiger partial charge in [0.1, 0.15) is 68.7 Å². The Morgan fingerprint density at radius 1 is 0.292 bits per heavy atom. The average Bonchev–Trinajstić information content (AvgIpc) is 1.64. The van der Waals surface area contributed by atoms with Gasteiger partial charge in [0.25, 0.3) is 0 Å². The molecule has 0 atom stereocenters. The minimum Gasteiger partial charge on any atom is -1.00 e. The van der Waals surface area contributed by atoms with E-state index in [0.29, 0.717) is 154 Å². The molecule has 89 heavy (non-hydrogen) atoms. The molecule has 8 aromatic carbocycles. The van der Waals surface area contributed by atoms with Crippen molar-refractivity contribution in [2.75, 3.05) is 84.6 Å². The standard InChI is InChI=1S/C68H64N12O4.4HI.Zn/c1-77(2,3)41-21-13-25-45(37-41)81-53-33-17-29-49-57(53)65-69-61(49)74-66-59-51(31-19-35-55(59)83-47-27-15-23-43(39-47)79(7,8)9)63(71-66)76-68-60-52(32-20-36-56(60)84-48-28-16-24-44(40-48)80(10,11)12)64(72-68)75-67-58-50(62(70-67)73-65)30-18-34-54(58)82-46-26-14-22-42(38-46)78(4,5)6;;;;;/h13-40H,1-12H3;4*1H;/q+2;;;;;+2/p-4. The number of halogens is 4. The molecule has 3 aromatic heterocycles. The van der Waals surface area contributed by atoms with Gasteiger partial charge in [0.2, 0.25) is 0 Å². The zero-order valence-corrected chi connectivity index (χ0v) is 63.0. The summed E-state index contributed by atoms with van der Waals surface area (Å²) in [5, 5.41) is 2.59. The van der Waals surface area contributed by atoms with Crippen molar-refractivity contribution in [1.82, 2.24) is 57.8 Å². The van der Waals surface area contributed by atoms with Gasteiger partial charge in [-0.1, -0.05) is 72.8 Å². The van der Waals surface area contributed by atoms with Crippen LogP contribution < -0.4 is 143 Å². The summed E-state index contributed by atoms with van der Waals surface area (Å²) in [4.78, 5) is 42.8. The molecule has 0 saturated heterocycles. The molecule has 8 bridgehead atoms. The Labute approximate surface area is 598 Å². The number of rotatable bonds is 12. The average molecular weight is 1690 g/mol. The summed E-state index contributed by atoms with van der Waals surface area (Å²) in [6, 6.07) is 55.7. The van der Waals surface area contributed by atoms with E-state index in [1.165, 1.54) is 0 Å². The number of hydrogen-bond acceptors (Lipinski definition) is 10. The molecule has 0 unspecified atom stereocenters. The van der Waals surface area contributed by atoms with Crippen molar-refractivity contribution in [3.05, 3.63) is 170 Å². The van der Waals surface area contributed by atoms with E-state index in [-0.39, 0.29) is 115 Å². The van der Waals surface area contributed by atoms with Gasteiger partial charge in [-0.05, 0) is 83.6 Å². The number of benzene rings is 8. The van der Waals surface area contributed by atoms with Crippen LogP contribution in [0.2, 0.25) is 0 Å². The molecule has 13 rings (SSSR count). The molecule has 2 aliphatic rings. The summed E-state index contributed by atoms with van der Waals surface area (Å²) < 4.78 is 29.9. The van der Waals surface area contributed by atoms with Crippen molar-refractivity contribution in [1.29, 1.82) is 0 Å². The molecule has 0 spiro atoms. The minimum atomic E-state index is 0. The molecule has 0 saturated carbocycles. The molecular formula is C68H64I4N12O4Zn. The van der Waals surface area contributed by atoms with Crippen molar-refractivity contribution in [3.8, 4) is 91.5 Å². The van der Waals surface area contributed by atoms with Crippen LogP contribution in [0.1, 0.15) is 0 Å². The smallest absolute Gasteiger partial charge is 1.00 e. The van der Waals surface area contributed by atoms with Gasteiger partial charge in [-0.2, -0.15) is 0 Å². The van der Waals surface area contributed by atoms with Crippen LogP contribution in [-0.4, -0.2) is 114 Å². The SMILES string of the molecule is C[N+](C)(C)c1cccc(Oc2cccc3c2-c2nc-3nc3[n-]c(nc4nc(nc5[n-]c(n2)c2cccc(Oc6cccc([N+](C)(C)C)c6)c52)-c2cccc(Oc5cccc([N+](C)(C)C)c5)c2-4)c2cccc(Oc4cccc([N+](C)(C)C)c4)c32)c1.[I-].[I-].[I-].[I-].[Zn+2]. The Bertz CT molecular complexity index is 4370. The Morgan fingerprint density at radius 3 is 0.876 bits per heavy atom. The molecule has 0 radical (unpaired) electrons. The van der Waals surface area contributed by atoms with Crippen LogP contribution in [0.25, 0.3) is 89.7 Å². The Balaban J connectivity index is 0.00000205. The van der Waals surface area contributed by atoms with E-state index in [0.717, 1.165) is 22.7 Å². The fraction of sp³-hybridized carbons (Fsp3) is 0.176. The van der Waals surface area contributed by atoms with Crippen molar-refractivity contribution < 1.29 is 134 Å². The number of aromatic nitrogens is 8. The summed E-state index contributed by atoms with van der Waals surface area (Å²) in [7, 11) is 25.5. The number of nitrogens with zero attached hydrogens (tertiary/aromatic N) is 12. The number of hydrogen-bond donors (Lipinski definition) is 0. The Morgan fingerprint density at radius 2 is 0.562 bits per heavy atom. The molecule has 5 heterocycles. The van der Waals surface area contributed by atoms with E-state index in [1.807, 2.05) is 146 Å². The van der Waals surface area contributed by atoms with Crippen LogP contribution in [0, 0.1) is 0 Å². The summed E-state index contributed by atoms with van der Waals surface area (Å²) in [5.41, 5.74) is 8.20. The second-order valence-electron chi connectivity index (χ2n) is 24.6. The van der Waals surface area contributed by atoms with E-state index in [4.69, 9.17) is 58.8 Å². The van der Waals surface area contributed by atoms with Crippen molar-refractivity contribution in [2.24, 2.45) is 0 Å². The van der Waals surface area contributed by atoms with Gasteiger partial charge in [-0.3, -0.25) is 17.9 Å². The first-order valence-electron chi connectivity index (χ1n) is 27.7. The predicted molar refractivity (Wildman–Crippen MR) is 338 cm³/mol. The second kappa shape index (κ2) is 26.5. The molecule has 16 nitrogen and oxygen atoms in total. The zero-order valence-electron chi connectivity index (χ0n) is 51.4. The number of fused-ring (bicyclic) bond motifs is 20. The molecule has 450 valence electrons. The van der Waals surface area contributed by atoms with Crippen LogP contribution in [0.3, 0.4) is 0 Å². The monoisotopic (exact) mass is 1680 g/mol. The predicted octanol–water partition coefficient (Wildman–Crippen LogP) is 2.10. The van der Waals surface area contributed by atoms with Crippen molar-refractivity contribution >= 4 is 66.9 Å². The summed E-state index contributed by atoms with van der Waals surface area (Å²) in [5.74, 6) is 6.05. The van der Waals surface area contributed by atoms with Crippen LogP contribution in [0.15, 0.2) is 170 Å². The van der Waals surface area contributed by atoms with Crippen molar-refractivity contribution in [2.45, 2.75) is 0 Å². The summed E-state index contributed by atoms with van der Waals surface area (Å²) >= 11 is 0. The topological polar surface area (TPSA) is 142 Å². The van der Waals surface area contributed by atoms with Gasteiger partial charge in [0.05, 0.1) is 119 Å². The van der Waals surface area contributed by atoms with Gasteiger partial charge in [0, 0.05) is 68.8 Å². The van der Waals surface area contributed by atoms with Crippen LogP contribution in [0.4, 0.5) is 22.7 Å². The van der Waals surface area contributed by atoms with E-state index in [9.17, 15) is 0 Å². The first-order valence-corrected chi connectivity index (χ1v) is 27.7. The molecular weight excluding hydrogens is 1620 g/mol. The third-order valence-electron chi connectivity index (χ3n) is 14.9. The van der Waals surface area contributed by atoms with E-state index >= 15 is 0 Å². The molecule has 21 heteroatoms. The van der Waals surface area contributed by atoms with Crippen LogP contribution in [-0.2, 0) is 19.5 Å². The zero-order chi connectivity index (χ0) is 58.5. The largest absolute Gasteiger partial charge is 2.00 e. The molecule has 0 N–H and O–H groups in total. The van der Waals surface area contributed by atoms with Gasteiger partial charge in [-0.15, -0.1) is 0 Å². The fourth-order valence-corrected chi connectivity index (χ4v) is 10.4. The van der Waals surface area contributed by atoms with Gasteiger partial charge in [0.15, 0.2) is 0 Å². The maximum Gasteiger partial charge on any atom is 2.00 e. The maximum atomic E-state index is 6.88. The Hall–Kier alpha value is -6.30. The molecule has 0 aliphatic carbocycles. The van der Waals surface area contributed by atoms with Crippen LogP contribution in [0.5, 0.6) is 46.0 Å². The molecule has 0 fully saturated rings. The van der Waals surface area contributed by atoms with Gasteiger partial charge >= 0.3 is 19.5 Å². The third-order valence-corrected chi connectivity index (χ3v) is 14.9. The molecule has 2 aliphatic heterocycles. The summed E-state index contributed by atoms with van der Waals surface area (Å²) in [6.07, 6.45) is 0. The first kappa shape index (κ1) is 68.6. The van der Waals surface area contributed by atoms with E-state index in [2.05, 4.69) is 109 Å². The molecule has 11 aromatic rings. The van der Waals surface area contributed by atoms with Crippen LogP contribution >= 0.6 is 0 Å². The minimum absolute atomic E-state index is 0. The number of quaternary nitrogens is 4.